The molecule has 2 aromatic heterocycles. The Morgan fingerprint density at radius 3 is 2.62 bits per heavy atom. The SMILES string of the molecule is CCC(NC(=O)Cc1c(-c2ccc(Cl)cc2)nc2ccccn12)C(=O)O. The van der Waals surface area contributed by atoms with Gasteiger partial charge in [-0.3, -0.25) is 4.79 Å². The van der Waals surface area contributed by atoms with Crippen molar-refractivity contribution in [2.45, 2.75) is 25.8 Å². The second kappa shape index (κ2) is 7.58. The van der Waals surface area contributed by atoms with Crippen LogP contribution in [-0.4, -0.2) is 32.4 Å². The first-order valence-corrected chi connectivity index (χ1v) is 8.61. The topological polar surface area (TPSA) is 83.7 Å². The number of carboxylic acid groups (broad SMARTS) is 1. The Hall–Kier alpha value is -2.86. The van der Waals surface area contributed by atoms with E-state index < -0.39 is 12.0 Å². The number of carboxylic acids is 1. The molecule has 3 aromatic rings. The molecule has 0 saturated carbocycles. The van der Waals surface area contributed by atoms with Gasteiger partial charge in [-0.05, 0) is 30.7 Å². The third-order valence-corrected chi connectivity index (χ3v) is 4.37. The van der Waals surface area contributed by atoms with Gasteiger partial charge in [0.25, 0.3) is 0 Å². The van der Waals surface area contributed by atoms with E-state index in [1.807, 2.05) is 40.9 Å². The van der Waals surface area contributed by atoms with Gasteiger partial charge in [-0.25, -0.2) is 9.78 Å². The first-order valence-electron chi connectivity index (χ1n) is 8.23. The van der Waals surface area contributed by atoms with Crippen LogP contribution < -0.4 is 5.32 Å². The molecule has 1 unspecified atom stereocenters. The van der Waals surface area contributed by atoms with Crippen molar-refractivity contribution in [1.29, 1.82) is 0 Å². The number of fused-ring (bicyclic) bond motifs is 1. The van der Waals surface area contributed by atoms with E-state index in [9.17, 15) is 9.59 Å². The predicted molar refractivity (Wildman–Crippen MR) is 99.2 cm³/mol. The molecule has 2 N–H and O–H groups in total. The van der Waals surface area contributed by atoms with Crippen LogP contribution in [0.15, 0.2) is 48.7 Å². The lowest BCUT2D eigenvalue weighted by Gasteiger charge is -2.12. The van der Waals surface area contributed by atoms with Crippen molar-refractivity contribution in [2.75, 3.05) is 0 Å². The molecule has 0 aliphatic rings. The van der Waals surface area contributed by atoms with Gasteiger partial charge in [-0.15, -0.1) is 0 Å². The van der Waals surface area contributed by atoms with Crippen LogP contribution in [0.2, 0.25) is 5.02 Å². The Morgan fingerprint density at radius 2 is 1.96 bits per heavy atom. The number of carbonyl (C=O) groups excluding carboxylic acids is 1. The number of benzene rings is 1. The van der Waals surface area contributed by atoms with Gasteiger partial charge in [0.2, 0.25) is 5.91 Å². The number of imidazole rings is 1. The molecule has 0 spiro atoms. The fourth-order valence-electron chi connectivity index (χ4n) is 2.79. The van der Waals surface area contributed by atoms with E-state index in [-0.39, 0.29) is 12.3 Å². The van der Waals surface area contributed by atoms with Gasteiger partial charge in [0.15, 0.2) is 0 Å². The number of amides is 1. The summed E-state index contributed by atoms with van der Waals surface area (Å²) in [4.78, 5) is 28.2. The molecule has 134 valence electrons. The lowest BCUT2D eigenvalue weighted by atomic mass is 10.1. The smallest absolute Gasteiger partial charge is 0.326 e. The molecule has 26 heavy (non-hydrogen) atoms. The molecule has 0 fully saturated rings. The van der Waals surface area contributed by atoms with Crippen molar-refractivity contribution in [1.82, 2.24) is 14.7 Å². The fraction of sp³-hybridized carbons (Fsp3) is 0.211. The van der Waals surface area contributed by atoms with E-state index >= 15 is 0 Å². The van der Waals surface area contributed by atoms with Crippen molar-refractivity contribution in [3.63, 3.8) is 0 Å². The Labute approximate surface area is 155 Å². The number of rotatable bonds is 6. The number of carbonyl (C=O) groups is 2. The van der Waals surface area contributed by atoms with Crippen LogP contribution in [-0.2, 0) is 16.0 Å². The number of aromatic nitrogens is 2. The van der Waals surface area contributed by atoms with Crippen molar-refractivity contribution >= 4 is 29.1 Å². The quantitative estimate of drug-likeness (QED) is 0.697. The molecule has 0 radical (unpaired) electrons. The summed E-state index contributed by atoms with van der Waals surface area (Å²) in [5, 5.41) is 12.3. The van der Waals surface area contributed by atoms with Crippen molar-refractivity contribution in [3.05, 3.63) is 59.4 Å². The van der Waals surface area contributed by atoms with E-state index in [1.54, 1.807) is 19.1 Å². The van der Waals surface area contributed by atoms with Crippen LogP contribution in [0, 0.1) is 0 Å². The summed E-state index contributed by atoms with van der Waals surface area (Å²) in [6.07, 6.45) is 2.17. The zero-order valence-corrected chi connectivity index (χ0v) is 14.9. The van der Waals surface area contributed by atoms with Crippen LogP contribution in [0.3, 0.4) is 0 Å². The van der Waals surface area contributed by atoms with Gasteiger partial charge in [0.05, 0.1) is 17.8 Å². The maximum atomic E-state index is 12.4. The molecule has 0 aliphatic heterocycles. The van der Waals surface area contributed by atoms with E-state index in [4.69, 9.17) is 16.7 Å². The van der Waals surface area contributed by atoms with E-state index in [0.717, 1.165) is 5.56 Å². The maximum absolute atomic E-state index is 12.4. The largest absolute Gasteiger partial charge is 0.480 e. The van der Waals surface area contributed by atoms with Crippen molar-refractivity contribution in [2.24, 2.45) is 0 Å². The minimum absolute atomic E-state index is 0.0208. The summed E-state index contributed by atoms with van der Waals surface area (Å²) in [7, 11) is 0. The Balaban J connectivity index is 1.98. The number of nitrogens with one attached hydrogen (secondary N) is 1. The average molecular weight is 372 g/mol. The number of aliphatic carboxylic acids is 1. The summed E-state index contributed by atoms with van der Waals surface area (Å²) in [6.45, 7) is 1.71. The first kappa shape index (κ1) is 17.9. The van der Waals surface area contributed by atoms with Crippen LogP contribution in [0.1, 0.15) is 19.0 Å². The van der Waals surface area contributed by atoms with Gasteiger partial charge in [-0.2, -0.15) is 0 Å². The normalized spacial score (nSPS) is 12.1. The molecule has 1 atom stereocenters. The highest BCUT2D eigenvalue weighted by Crippen LogP contribution is 2.26. The lowest BCUT2D eigenvalue weighted by molar-refractivity contribution is -0.141. The molecule has 1 amide bonds. The van der Waals surface area contributed by atoms with E-state index in [0.29, 0.717) is 28.5 Å². The van der Waals surface area contributed by atoms with E-state index in [2.05, 4.69) is 10.3 Å². The standard InChI is InChI=1S/C19H18ClN3O3/c1-2-14(19(25)26)21-17(24)11-15-18(12-6-8-13(20)9-7-12)22-16-5-3-4-10-23(15)16/h3-10,14H,2,11H2,1H3,(H,21,24)(H,25,26). The molecule has 0 aliphatic carbocycles. The van der Waals surface area contributed by atoms with Gasteiger partial charge in [0.1, 0.15) is 11.7 Å². The summed E-state index contributed by atoms with van der Waals surface area (Å²) in [5.41, 5.74) is 2.92. The Morgan fingerprint density at radius 1 is 1.23 bits per heavy atom. The summed E-state index contributed by atoms with van der Waals surface area (Å²) in [6, 6.07) is 11.9. The van der Waals surface area contributed by atoms with Crippen LogP contribution in [0.25, 0.3) is 16.9 Å². The van der Waals surface area contributed by atoms with Crippen molar-refractivity contribution < 1.29 is 14.7 Å². The number of pyridine rings is 1. The second-order valence-electron chi connectivity index (χ2n) is 5.89. The van der Waals surface area contributed by atoms with Gasteiger partial charge >= 0.3 is 5.97 Å². The second-order valence-corrected chi connectivity index (χ2v) is 6.32. The molecule has 1 aromatic carbocycles. The summed E-state index contributed by atoms with van der Waals surface area (Å²) < 4.78 is 1.84. The van der Waals surface area contributed by atoms with E-state index in [1.165, 1.54) is 0 Å². The fourth-order valence-corrected chi connectivity index (χ4v) is 2.92. The van der Waals surface area contributed by atoms with Crippen molar-refractivity contribution in [3.8, 4) is 11.3 Å². The minimum atomic E-state index is -1.04. The zero-order valence-electron chi connectivity index (χ0n) is 14.1. The van der Waals surface area contributed by atoms with Crippen LogP contribution in [0.5, 0.6) is 0 Å². The lowest BCUT2D eigenvalue weighted by Crippen LogP contribution is -2.41. The highest BCUT2D eigenvalue weighted by atomic mass is 35.5. The van der Waals surface area contributed by atoms with Crippen LogP contribution >= 0.6 is 11.6 Å². The minimum Gasteiger partial charge on any atom is -0.480 e. The molecule has 0 saturated heterocycles. The first-order chi connectivity index (χ1) is 12.5. The highest BCUT2D eigenvalue weighted by Gasteiger charge is 2.21. The van der Waals surface area contributed by atoms with Crippen LogP contribution in [0.4, 0.5) is 0 Å². The molecule has 3 rings (SSSR count). The molecular weight excluding hydrogens is 354 g/mol. The predicted octanol–water partition coefficient (Wildman–Crippen LogP) is 3.18. The Kier molecular flexibility index (Phi) is 5.23. The van der Waals surface area contributed by atoms with Gasteiger partial charge < -0.3 is 14.8 Å². The summed E-state index contributed by atoms with van der Waals surface area (Å²) in [5.74, 6) is -1.41. The third kappa shape index (κ3) is 3.70. The van der Waals surface area contributed by atoms with Gasteiger partial charge in [0, 0.05) is 16.8 Å². The number of nitrogens with zero attached hydrogens (tertiary/aromatic N) is 2. The van der Waals surface area contributed by atoms with Gasteiger partial charge in [-0.1, -0.05) is 36.7 Å². The third-order valence-electron chi connectivity index (χ3n) is 4.12. The maximum Gasteiger partial charge on any atom is 0.326 e. The molecule has 7 heteroatoms. The number of hydrogen-bond donors (Lipinski definition) is 2. The number of hydrogen-bond acceptors (Lipinski definition) is 3. The molecule has 2 heterocycles. The molecule has 6 nitrogen and oxygen atoms in total. The summed E-state index contributed by atoms with van der Waals surface area (Å²) >= 11 is 5.96. The molecule has 0 bridgehead atoms. The Bertz CT molecular complexity index is 950. The average Bonchev–Trinajstić information content (AvgIpc) is 2.98. The zero-order chi connectivity index (χ0) is 18.7. The number of halogens is 1. The monoisotopic (exact) mass is 371 g/mol. The highest BCUT2D eigenvalue weighted by molar-refractivity contribution is 6.30. The molecular formula is C19H18ClN3O3.